The molecule has 1 heterocycles. The number of nitrogens with one attached hydrogen (secondary N) is 2. The number of halogens is 4. The van der Waals surface area contributed by atoms with Crippen LogP contribution >= 0.6 is 11.6 Å². The Hall–Kier alpha value is -3.34. The number of carbonyl (C=O) groups is 2. The molecule has 1 atom stereocenters. The highest BCUT2D eigenvalue weighted by Gasteiger charge is 2.57. The Labute approximate surface area is 202 Å². The van der Waals surface area contributed by atoms with Crippen LogP contribution in [-0.2, 0) is 9.59 Å². The molecule has 1 unspecified atom stereocenters. The summed E-state index contributed by atoms with van der Waals surface area (Å²) in [5.74, 6) is -0.872. The maximum absolute atomic E-state index is 13.2. The molecule has 3 fully saturated rings. The van der Waals surface area contributed by atoms with Crippen LogP contribution < -0.4 is 29.6 Å². The minimum absolute atomic E-state index is 0.0956. The largest absolute Gasteiger partial charge is 0.586 e. The normalized spacial score (nSPS) is 24.9. The first-order chi connectivity index (χ1) is 16.6. The Morgan fingerprint density at radius 1 is 0.971 bits per heavy atom. The second-order valence-electron chi connectivity index (χ2n) is 8.80. The third-order valence-electron chi connectivity index (χ3n) is 6.24. The van der Waals surface area contributed by atoms with Crippen molar-refractivity contribution in [1.82, 2.24) is 10.6 Å². The third kappa shape index (κ3) is 5.04. The lowest BCUT2D eigenvalue weighted by Gasteiger charge is -2.39. The second kappa shape index (κ2) is 8.71. The van der Waals surface area contributed by atoms with E-state index in [2.05, 4.69) is 20.1 Å². The second-order valence-corrected chi connectivity index (χ2v) is 9.21. The van der Waals surface area contributed by atoms with E-state index in [1.54, 1.807) is 0 Å². The van der Waals surface area contributed by atoms with Gasteiger partial charge in [-0.2, -0.15) is 0 Å². The van der Waals surface area contributed by atoms with Gasteiger partial charge in [0.2, 0.25) is 0 Å². The van der Waals surface area contributed by atoms with Gasteiger partial charge in [-0.3, -0.25) is 9.59 Å². The van der Waals surface area contributed by atoms with Crippen LogP contribution in [0, 0.1) is 11.7 Å². The molecule has 12 heteroatoms. The summed E-state index contributed by atoms with van der Waals surface area (Å²) in [6.45, 7) is -0.562. The third-order valence-corrected chi connectivity index (χ3v) is 6.53. The molecule has 0 saturated heterocycles. The van der Waals surface area contributed by atoms with Gasteiger partial charge in [0, 0.05) is 23.7 Å². The van der Waals surface area contributed by atoms with Crippen molar-refractivity contribution in [3.8, 4) is 23.0 Å². The first-order valence-electron chi connectivity index (χ1n) is 10.8. The lowest BCUT2D eigenvalue weighted by molar-refractivity contribution is -0.286. The minimum atomic E-state index is -3.73. The summed E-state index contributed by atoms with van der Waals surface area (Å²) in [7, 11) is 0. The molecule has 2 N–H and O–H groups in total. The summed E-state index contributed by atoms with van der Waals surface area (Å²) in [5.41, 5.74) is -0.410. The fourth-order valence-electron chi connectivity index (χ4n) is 4.77. The summed E-state index contributed by atoms with van der Waals surface area (Å²) in [6, 6.07) is 7.61. The predicted octanol–water partition coefficient (Wildman–Crippen LogP) is 3.41. The highest BCUT2D eigenvalue weighted by Crippen LogP contribution is 2.52. The Balaban J connectivity index is 1.06. The van der Waals surface area contributed by atoms with Crippen molar-refractivity contribution in [2.24, 2.45) is 5.92 Å². The topological polar surface area (TPSA) is 95.1 Å². The Bertz CT molecular complexity index is 1170. The molecular weight excluding hydrogens is 493 g/mol. The minimum Gasteiger partial charge on any atom is -0.484 e. The average molecular weight is 513 g/mol. The van der Waals surface area contributed by atoms with Gasteiger partial charge in [-0.15, -0.1) is 8.78 Å². The first-order valence-corrected chi connectivity index (χ1v) is 11.2. The fourth-order valence-corrected chi connectivity index (χ4v) is 4.94. The predicted molar refractivity (Wildman–Crippen MR) is 115 cm³/mol. The number of hydrogen-bond acceptors (Lipinski definition) is 6. The number of hydrogen-bond donors (Lipinski definition) is 2. The maximum atomic E-state index is 13.2. The van der Waals surface area contributed by atoms with Crippen molar-refractivity contribution in [3.05, 3.63) is 47.2 Å². The fraction of sp³-hybridized carbons (Fsp3) is 0.391. The monoisotopic (exact) mass is 512 g/mol. The number of alkyl halides is 2. The van der Waals surface area contributed by atoms with Crippen molar-refractivity contribution in [2.45, 2.75) is 37.1 Å². The first kappa shape index (κ1) is 23.4. The molecule has 4 aliphatic rings. The maximum Gasteiger partial charge on any atom is 0.586 e. The van der Waals surface area contributed by atoms with Gasteiger partial charge in [-0.25, -0.2) is 4.39 Å². The van der Waals surface area contributed by atoms with E-state index in [0.717, 1.165) is 18.9 Å². The van der Waals surface area contributed by atoms with Crippen molar-refractivity contribution in [2.75, 3.05) is 13.2 Å². The molecule has 0 spiro atoms. The zero-order valence-corrected chi connectivity index (χ0v) is 18.9. The van der Waals surface area contributed by atoms with Gasteiger partial charge in [0.25, 0.3) is 11.8 Å². The standard InChI is InChI=1S/C23H20ClF3N2O6/c24-15-5-13(1-3-16(15)25)33-11-21(31)29-22-7-12(8-22)17(9-22)28-20(30)10-32-14-2-4-18-19(6-14)35-23(26,27)34-18/h1-6,12,17H,7-11H2,(H,28,30)(H,29,31). The Morgan fingerprint density at radius 3 is 2.37 bits per heavy atom. The average Bonchev–Trinajstić information content (AvgIpc) is 3.38. The van der Waals surface area contributed by atoms with Gasteiger partial charge in [0.15, 0.2) is 24.7 Å². The molecule has 2 amide bonds. The molecule has 2 bridgehead atoms. The van der Waals surface area contributed by atoms with E-state index in [0.29, 0.717) is 6.42 Å². The van der Waals surface area contributed by atoms with Gasteiger partial charge in [-0.05, 0) is 49.4 Å². The molecule has 2 aromatic rings. The smallest absolute Gasteiger partial charge is 0.484 e. The molecule has 1 aliphatic heterocycles. The van der Waals surface area contributed by atoms with E-state index in [1.165, 1.54) is 30.3 Å². The highest BCUT2D eigenvalue weighted by molar-refractivity contribution is 6.30. The molecule has 0 radical (unpaired) electrons. The van der Waals surface area contributed by atoms with E-state index < -0.39 is 17.7 Å². The summed E-state index contributed by atoms with van der Waals surface area (Å²) in [4.78, 5) is 24.7. The van der Waals surface area contributed by atoms with Crippen LogP contribution in [0.3, 0.4) is 0 Å². The summed E-state index contributed by atoms with van der Waals surface area (Å²) in [5, 5.41) is 5.77. The van der Waals surface area contributed by atoms with Crippen molar-refractivity contribution in [1.29, 1.82) is 0 Å². The quantitative estimate of drug-likeness (QED) is 0.563. The summed E-state index contributed by atoms with van der Waals surface area (Å²) < 4.78 is 58.9. The molecule has 3 aliphatic carbocycles. The van der Waals surface area contributed by atoms with Crippen LogP contribution in [0.15, 0.2) is 36.4 Å². The summed E-state index contributed by atoms with van der Waals surface area (Å²) in [6.07, 6.45) is -1.71. The van der Waals surface area contributed by atoms with Crippen LogP contribution in [0.5, 0.6) is 23.0 Å². The number of ether oxygens (including phenoxy) is 4. The van der Waals surface area contributed by atoms with Gasteiger partial charge in [-0.1, -0.05) is 11.6 Å². The van der Waals surface area contributed by atoms with Gasteiger partial charge < -0.3 is 29.6 Å². The zero-order valence-electron chi connectivity index (χ0n) is 18.1. The number of amides is 2. The molecule has 3 saturated carbocycles. The van der Waals surface area contributed by atoms with Crippen molar-refractivity contribution < 1.29 is 41.7 Å². The SMILES string of the molecule is O=C(COc1ccc2c(c1)OC(F)(F)O2)NC1CC2(NC(=O)COc3ccc(F)c(Cl)c3)CC1C2. The Morgan fingerprint density at radius 2 is 1.63 bits per heavy atom. The lowest BCUT2D eigenvalue weighted by Crippen LogP contribution is -2.53. The molecule has 8 nitrogen and oxygen atoms in total. The lowest BCUT2D eigenvalue weighted by atomic mass is 9.76. The van der Waals surface area contributed by atoms with E-state index in [9.17, 15) is 22.8 Å². The van der Waals surface area contributed by atoms with Gasteiger partial charge >= 0.3 is 6.29 Å². The summed E-state index contributed by atoms with van der Waals surface area (Å²) >= 11 is 5.71. The zero-order chi connectivity index (χ0) is 24.8. The number of benzene rings is 2. The van der Waals surface area contributed by atoms with Crippen molar-refractivity contribution in [3.63, 3.8) is 0 Å². The molecule has 6 rings (SSSR count). The number of rotatable bonds is 8. The molecule has 186 valence electrons. The van der Waals surface area contributed by atoms with Crippen LogP contribution in [0.2, 0.25) is 5.02 Å². The van der Waals surface area contributed by atoms with Crippen LogP contribution in [-0.4, -0.2) is 42.9 Å². The van der Waals surface area contributed by atoms with E-state index in [1.807, 2.05) is 0 Å². The van der Waals surface area contributed by atoms with Crippen LogP contribution in [0.1, 0.15) is 19.3 Å². The van der Waals surface area contributed by atoms with Crippen LogP contribution in [0.4, 0.5) is 13.2 Å². The molecule has 35 heavy (non-hydrogen) atoms. The van der Waals surface area contributed by atoms with E-state index in [-0.39, 0.29) is 65.0 Å². The van der Waals surface area contributed by atoms with Gasteiger partial charge in [0.05, 0.1) is 5.02 Å². The molecular formula is C23H20ClF3N2O6. The molecule has 2 aromatic carbocycles. The van der Waals surface area contributed by atoms with Crippen molar-refractivity contribution >= 4 is 23.4 Å². The highest BCUT2D eigenvalue weighted by atomic mass is 35.5. The Kier molecular flexibility index (Phi) is 5.82. The number of carbonyl (C=O) groups excluding carboxylic acids is 2. The van der Waals surface area contributed by atoms with E-state index in [4.69, 9.17) is 21.1 Å². The van der Waals surface area contributed by atoms with Gasteiger partial charge in [0.1, 0.15) is 17.3 Å². The molecule has 0 aromatic heterocycles. The van der Waals surface area contributed by atoms with E-state index >= 15 is 0 Å². The van der Waals surface area contributed by atoms with Crippen LogP contribution in [0.25, 0.3) is 0 Å². The number of fused-ring (bicyclic) bond motifs is 2.